The Kier molecular flexibility index (Phi) is 4.59. The predicted molar refractivity (Wildman–Crippen MR) is 92.7 cm³/mol. The quantitative estimate of drug-likeness (QED) is 0.475. The van der Waals surface area contributed by atoms with Crippen LogP contribution in [0.2, 0.25) is 0 Å². The summed E-state index contributed by atoms with van der Waals surface area (Å²) in [6.07, 6.45) is 1.02. The minimum Gasteiger partial charge on any atom is -0.507 e. The Morgan fingerprint density at radius 3 is 2.78 bits per heavy atom. The number of hydrazine groups is 1. The number of nitriles is 1. The van der Waals surface area contributed by atoms with E-state index < -0.39 is 17.4 Å². The van der Waals surface area contributed by atoms with Gasteiger partial charge in [0.2, 0.25) is 5.91 Å². The van der Waals surface area contributed by atoms with Gasteiger partial charge in [0.05, 0.1) is 12.0 Å². The zero-order valence-corrected chi connectivity index (χ0v) is 14.1. The molecule has 3 rings (SSSR count). The van der Waals surface area contributed by atoms with E-state index in [0.29, 0.717) is 5.69 Å². The Labute approximate surface area is 152 Å². The van der Waals surface area contributed by atoms with Crippen LogP contribution in [0.5, 0.6) is 5.75 Å². The molecule has 10 nitrogen and oxygen atoms in total. The van der Waals surface area contributed by atoms with Crippen molar-refractivity contribution in [2.24, 2.45) is 0 Å². The fourth-order valence-corrected chi connectivity index (χ4v) is 2.51. The largest absolute Gasteiger partial charge is 0.507 e. The van der Waals surface area contributed by atoms with E-state index in [2.05, 4.69) is 20.9 Å². The first-order valence-corrected chi connectivity index (χ1v) is 7.79. The Balaban J connectivity index is 1.75. The second-order valence-electron chi connectivity index (χ2n) is 5.64. The lowest BCUT2D eigenvalue weighted by Crippen LogP contribution is -2.43. The third-order valence-corrected chi connectivity index (χ3v) is 3.88. The molecule has 0 spiro atoms. The maximum Gasteiger partial charge on any atom is 0.276 e. The van der Waals surface area contributed by atoms with E-state index in [-0.39, 0.29) is 34.5 Å². The number of aromatic amines is 1. The number of hydrogen-bond donors (Lipinski definition) is 4. The van der Waals surface area contributed by atoms with Crippen LogP contribution in [-0.2, 0) is 11.2 Å². The summed E-state index contributed by atoms with van der Waals surface area (Å²) >= 11 is 0. The van der Waals surface area contributed by atoms with E-state index in [1.165, 1.54) is 18.3 Å². The van der Waals surface area contributed by atoms with Crippen LogP contribution in [0, 0.1) is 18.3 Å². The van der Waals surface area contributed by atoms with Crippen molar-refractivity contribution >= 4 is 17.5 Å². The van der Waals surface area contributed by atoms with Crippen LogP contribution in [0.4, 0.5) is 0 Å². The number of aromatic nitrogens is 3. The van der Waals surface area contributed by atoms with Gasteiger partial charge in [-0.25, -0.2) is 9.50 Å². The Bertz CT molecular complexity index is 1150. The summed E-state index contributed by atoms with van der Waals surface area (Å²) in [7, 11) is 0. The molecule has 10 heteroatoms. The van der Waals surface area contributed by atoms with Gasteiger partial charge in [0.15, 0.2) is 5.65 Å². The third-order valence-electron chi connectivity index (χ3n) is 3.88. The van der Waals surface area contributed by atoms with Crippen LogP contribution < -0.4 is 16.4 Å². The number of H-pyrrole nitrogens is 1. The molecule has 0 aliphatic carbocycles. The van der Waals surface area contributed by atoms with E-state index in [4.69, 9.17) is 5.26 Å². The van der Waals surface area contributed by atoms with Crippen LogP contribution in [0.15, 0.2) is 35.3 Å². The number of aryl methyl sites for hydroxylation is 1. The van der Waals surface area contributed by atoms with Crippen LogP contribution in [0.3, 0.4) is 0 Å². The average Bonchev–Trinajstić information content (AvgIpc) is 3.06. The van der Waals surface area contributed by atoms with Gasteiger partial charge in [-0.2, -0.15) is 5.26 Å². The molecule has 0 aliphatic heterocycles. The fraction of sp³-hybridized carbons (Fsp3) is 0.118. The summed E-state index contributed by atoms with van der Waals surface area (Å²) < 4.78 is 1.08. The number of benzene rings is 1. The van der Waals surface area contributed by atoms with Crippen LogP contribution in [0.1, 0.15) is 27.2 Å². The van der Waals surface area contributed by atoms with Gasteiger partial charge in [0.1, 0.15) is 17.4 Å². The Hall–Kier alpha value is -4.13. The van der Waals surface area contributed by atoms with Gasteiger partial charge in [-0.05, 0) is 19.1 Å². The molecule has 2 aromatic heterocycles. The second kappa shape index (κ2) is 7.01. The Morgan fingerprint density at radius 1 is 1.33 bits per heavy atom. The highest BCUT2D eigenvalue weighted by molar-refractivity contribution is 5.97. The standard InChI is InChI=1S/C17H14N6O4/c1-9-12(17(27)23-15(20-9)10(7-18)8-19-23)6-14(25)21-22-16(26)11-4-2-3-5-13(11)24/h2-5,8,19,24H,6H2,1H3,(H,21,25)(H,22,26). The van der Waals surface area contributed by atoms with Crippen LogP contribution in [-0.4, -0.2) is 31.5 Å². The average molecular weight is 366 g/mol. The molecule has 0 unspecified atom stereocenters. The lowest BCUT2D eigenvalue weighted by Gasteiger charge is -2.09. The highest BCUT2D eigenvalue weighted by atomic mass is 16.3. The first kappa shape index (κ1) is 17.7. The highest BCUT2D eigenvalue weighted by Gasteiger charge is 2.17. The van der Waals surface area contributed by atoms with Gasteiger partial charge in [-0.3, -0.25) is 30.3 Å². The van der Waals surface area contributed by atoms with Crippen molar-refractivity contribution in [3.05, 3.63) is 63.2 Å². The molecule has 1 aromatic carbocycles. The van der Waals surface area contributed by atoms with Gasteiger partial charge in [0, 0.05) is 17.5 Å². The molecule has 2 amide bonds. The number of phenolic OH excluding ortho intramolecular Hbond substituents is 1. The lowest BCUT2D eigenvalue weighted by molar-refractivity contribution is -0.121. The summed E-state index contributed by atoms with van der Waals surface area (Å²) in [6.45, 7) is 1.55. The van der Waals surface area contributed by atoms with E-state index >= 15 is 0 Å². The summed E-state index contributed by atoms with van der Waals surface area (Å²) in [5.41, 5.74) is 4.65. The van der Waals surface area contributed by atoms with Crippen molar-refractivity contribution in [2.45, 2.75) is 13.3 Å². The summed E-state index contributed by atoms with van der Waals surface area (Å²) in [5, 5.41) is 21.2. The van der Waals surface area contributed by atoms with Gasteiger partial charge < -0.3 is 5.11 Å². The van der Waals surface area contributed by atoms with E-state index in [9.17, 15) is 19.5 Å². The topological polar surface area (TPSA) is 152 Å². The zero-order chi connectivity index (χ0) is 19.6. The predicted octanol–water partition coefficient (Wildman–Crippen LogP) is -0.0880. The molecule has 0 atom stereocenters. The van der Waals surface area contributed by atoms with Crippen molar-refractivity contribution in [1.82, 2.24) is 25.4 Å². The van der Waals surface area contributed by atoms with Crippen molar-refractivity contribution in [3.63, 3.8) is 0 Å². The first-order valence-electron chi connectivity index (χ1n) is 7.79. The van der Waals surface area contributed by atoms with E-state index in [0.717, 1.165) is 4.52 Å². The summed E-state index contributed by atoms with van der Waals surface area (Å²) in [4.78, 5) is 40.8. The molecular formula is C17H14N6O4. The van der Waals surface area contributed by atoms with Gasteiger partial charge in [-0.15, -0.1) is 0 Å². The van der Waals surface area contributed by atoms with Crippen LogP contribution in [0.25, 0.3) is 5.65 Å². The highest BCUT2D eigenvalue weighted by Crippen LogP contribution is 2.14. The molecule has 0 aliphatic rings. The number of carbonyl (C=O) groups is 2. The molecule has 0 saturated heterocycles. The molecular weight excluding hydrogens is 352 g/mol. The summed E-state index contributed by atoms with van der Waals surface area (Å²) in [6, 6.07) is 7.77. The first-order chi connectivity index (χ1) is 12.9. The smallest absolute Gasteiger partial charge is 0.276 e. The molecule has 0 fully saturated rings. The molecule has 3 aromatic rings. The fourth-order valence-electron chi connectivity index (χ4n) is 2.51. The number of aromatic hydroxyl groups is 1. The van der Waals surface area contributed by atoms with Crippen molar-refractivity contribution < 1.29 is 14.7 Å². The SMILES string of the molecule is Cc1nc2c(C#N)c[nH]n2c(=O)c1CC(=O)NNC(=O)c1ccccc1O. The number of para-hydroxylation sites is 1. The molecule has 0 saturated carbocycles. The summed E-state index contributed by atoms with van der Waals surface area (Å²) in [5.74, 6) is -1.58. The minimum absolute atomic E-state index is 0.00689. The van der Waals surface area contributed by atoms with Gasteiger partial charge in [0.25, 0.3) is 11.5 Å². The molecule has 0 bridgehead atoms. The number of nitrogens with zero attached hydrogens (tertiary/aromatic N) is 3. The van der Waals surface area contributed by atoms with Gasteiger partial charge >= 0.3 is 0 Å². The van der Waals surface area contributed by atoms with Gasteiger partial charge in [-0.1, -0.05) is 12.1 Å². The van der Waals surface area contributed by atoms with E-state index in [1.54, 1.807) is 19.1 Å². The maximum absolute atomic E-state index is 12.5. The number of carbonyl (C=O) groups excluding carboxylic acids is 2. The number of rotatable bonds is 3. The molecule has 136 valence electrons. The number of nitrogens with one attached hydrogen (secondary N) is 3. The number of amides is 2. The zero-order valence-electron chi connectivity index (χ0n) is 14.1. The van der Waals surface area contributed by atoms with Crippen molar-refractivity contribution in [2.75, 3.05) is 0 Å². The normalized spacial score (nSPS) is 10.4. The van der Waals surface area contributed by atoms with E-state index in [1.807, 2.05) is 6.07 Å². The van der Waals surface area contributed by atoms with Crippen LogP contribution >= 0.6 is 0 Å². The number of hydrogen-bond acceptors (Lipinski definition) is 6. The molecule has 0 radical (unpaired) electrons. The second-order valence-corrected chi connectivity index (χ2v) is 5.64. The molecule has 27 heavy (non-hydrogen) atoms. The van der Waals surface area contributed by atoms with Crippen molar-refractivity contribution in [1.29, 1.82) is 5.26 Å². The Morgan fingerprint density at radius 2 is 2.07 bits per heavy atom. The minimum atomic E-state index is -0.702. The monoisotopic (exact) mass is 366 g/mol. The maximum atomic E-state index is 12.5. The number of fused-ring (bicyclic) bond motifs is 1. The molecule has 2 heterocycles. The molecule has 4 N–H and O–H groups in total. The lowest BCUT2D eigenvalue weighted by atomic mass is 10.1. The third kappa shape index (κ3) is 3.34. The van der Waals surface area contributed by atoms with Crippen molar-refractivity contribution in [3.8, 4) is 11.8 Å². The number of phenols is 1.